The van der Waals surface area contributed by atoms with E-state index in [9.17, 15) is 19.8 Å². The van der Waals surface area contributed by atoms with Crippen LogP contribution >= 0.6 is 0 Å². The number of benzene rings is 4. The summed E-state index contributed by atoms with van der Waals surface area (Å²) in [6.45, 7) is 0. The highest BCUT2D eigenvalue weighted by Gasteiger charge is 2.05. The molecule has 0 unspecified atom stereocenters. The van der Waals surface area contributed by atoms with Gasteiger partial charge < -0.3 is 10.2 Å². The van der Waals surface area contributed by atoms with Gasteiger partial charge in [0, 0.05) is 24.0 Å². The van der Waals surface area contributed by atoms with Crippen LogP contribution in [0.15, 0.2) is 128 Å². The molecule has 0 saturated carbocycles. The summed E-state index contributed by atoms with van der Waals surface area (Å²) in [5.74, 6) is -0.712. The van der Waals surface area contributed by atoms with Gasteiger partial charge in [0.25, 0.3) is 0 Å². The Balaban J connectivity index is 1.16. The van der Waals surface area contributed by atoms with Crippen LogP contribution < -0.4 is 10.9 Å². The summed E-state index contributed by atoms with van der Waals surface area (Å²) in [4.78, 5) is 24.2. The van der Waals surface area contributed by atoms with Gasteiger partial charge in [-0.15, -0.1) is 0 Å². The van der Waals surface area contributed by atoms with E-state index in [0.29, 0.717) is 46.7 Å². The van der Waals surface area contributed by atoms with E-state index in [1.165, 1.54) is 24.6 Å². The number of carbonyl (C=O) groups is 2. The van der Waals surface area contributed by atoms with Gasteiger partial charge in [-0.2, -0.15) is 30.7 Å². The normalized spacial score (nSPS) is 11.5. The molecule has 44 heavy (non-hydrogen) atoms. The van der Waals surface area contributed by atoms with Gasteiger partial charge in [-0.05, 0) is 73.5 Å². The zero-order valence-electron chi connectivity index (χ0n) is 23.6. The number of unbranched alkanes of at least 4 members (excludes halogenated alkanes) is 1. The van der Waals surface area contributed by atoms with Crippen LogP contribution in [0, 0.1) is 0 Å². The number of hydrazone groups is 2. The van der Waals surface area contributed by atoms with E-state index in [-0.39, 0.29) is 36.2 Å². The molecule has 0 spiro atoms. The highest BCUT2D eigenvalue weighted by molar-refractivity contribution is 5.87. The van der Waals surface area contributed by atoms with Gasteiger partial charge in [0.05, 0.1) is 35.2 Å². The van der Waals surface area contributed by atoms with Gasteiger partial charge in [-0.25, -0.2) is 10.9 Å². The van der Waals surface area contributed by atoms with Crippen molar-refractivity contribution in [2.45, 2.75) is 25.7 Å². The van der Waals surface area contributed by atoms with Crippen molar-refractivity contribution in [1.29, 1.82) is 0 Å². The minimum atomic E-state index is -0.334. The maximum absolute atomic E-state index is 12.1. The SMILES string of the molecule is O=C(CCCCC(=O)N/N=C/c1cc(N=Nc2ccccc2)ccc1O)N/N=C/c1cc(N=Nc2ccccc2)ccc1O. The first-order valence-corrected chi connectivity index (χ1v) is 13.7. The number of hydrogen-bond donors (Lipinski definition) is 4. The monoisotopic (exact) mass is 590 g/mol. The van der Waals surface area contributed by atoms with Gasteiger partial charge in [-0.1, -0.05) is 36.4 Å². The van der Waals surface area contributed by atoms with Crippen LogP contribution in [0.4, 0.5) is 22.7 Å². The van der Waals surface area contributed by atoms with Gasteiger partial charge in [-0.3, -0.25) is 9.59 Å². The third kappa shape index (κ3) is 10.4. The van der Waals surface area contributed by atoms with E-state index < -0.39 is 0 Å². The number of amides is 2. The van der Waals surface area contributed by atoms with Crippen molar-refractivity contribution in [3.8, 4) is 11.5 Å². The predicted octanol–water partition coefficient (Wildman–Crippen LogP) is 7.09. The standard InChI is InChI=1S/C32H30N8O4/c41-29-17-15-27(37-35-25-9-3-1-4-10-25)19-23(29)21-33-39-31(43)13-7-8-14-32(44)40-34-22-24-20-28(16-18-30(24)42)38-36-26-11-5-2-6-12-26/h1-6,9-12,15-22,41-42H,7-8,13-14H2,(H,39,43)(H,40,44)/b33-21+,34-22+,37-35?,38-36?. The van der Waals surface area contributed by atoms with Crippen molar-refractivity contribution < 1.29 is 19.8 Å². The summed E-state index contributed by atoms with van der Waals surface area (Å²) in [5, 5.41) is 44.5. The van der Waals surface area contributed by atoms with E-state index in [0.717, 1.165) is 0 Å². The van der Waals surface area contributed by atoms with Crippen LogP contribution in [0.2, 0.25) is 0 Å². The van der Waals surface area contributed by atoms with Crippen molar-refractivity contribution in [3.05, 3.63) is 108 Å². The zero-order chi connectivity index (χ0) is 31.0. The van der Waals surface area contributed by atoms with Gasteiger partial charge >= 0.3 is 0 Å². The molecular formula is C32H30N8O4. The summed E-state index contributed by atoms with van der Waals surface area (Å²) >= 11 is 0. The van der Waals surface area contributed by atoms with Gasteiger partial charge in [0.2, 0.25) is 11.8 Å². The first-order chi connectivity index (χ1) is 21.5. The zero-order valence-corrected chi connectivity index (χ0v) is 23.6. The van der Waals surface area contributed by atoms with Crippen LogP contribution in [-0.4, -0.2) is 34.5 Å². The second-order valence-corrected chi connectivity index (χ2v) is 9.35. The molecule has 4 aromatic rings. The molecule has 4 rings (SSSR count). The average Bonchev–Trinajstić information content (AvgIpc) is 3.04. The number of nitrogens with zero attached hydrogens (tertiary/aromatic N) is 6. The molecular weight excluding hydrogens is 560 g/mol. The highest BCUT2D eigenvalue weighted by atomic mass is 16.3. The van der Waals surface area contributed by atoms with Crippen LogP contribution in [0.1, 0.15) is 36.8 Å². The molecule has 0 aromatic heterocycles. The molecule has 0 aliphatic carbocycles. The van der Waals surface area contributed by atoms with Gasteiger partial charge in [0.1, 0.15) is 11.5 Å². The Hall–Kier alpha value is -6.04. The van der Waals surface area contributed by atoms with E-state index in [1.807, 2.05) is 60.7 Å². The van der Waals surface area contributed by atoms with Crippen LogP contribution in [-0.2, 0) is 9.59 Å². The topological polar surface area (TPSA) is 173 Å². The number of rotatable bonds is 13. The van der Waals surface area contributed by atoms with Crippen molar-refractivity contribution in [3.63, 3.8) is 0 Å². The third-order valence-electron chi connectivity index (χ3n) is 5.94. The van der Waals surface area contributed by atoms with Crippen molar-refractivity contribution in [2.24, 2.45) is 30.7 Å². The van der Waals surface area contributed by atoms with Crippen LogP contribution in [0.5, 0.6) is 11.5 Å². The predicted molar refractivity (Wildman–Crippen MR) is 167 cm³/mol. The number of azo groups is 2. The number of phenolic OH excluding ortho intramolecular Hbond substituents is 2. The van der Waals surface area contributed by atoms with Crippen molar-refractivity contribution >= 4 is 47.0 Å². The van der Waals surface area contributed by atoms with E-state index in [1.54, 1.807) is 24.3 Å². The quantitative estimate of drug-likeness (QED) is 0.0563. The molecule has 12 nitrogen and oxygen atoms in total. The molecule has 2 amide bonds. The fourth-order valence-corrected chi connectivity index (χ4v) is 3.67. The Kier molecular flexibility index (Phi) is 11.5. The van der Waals surface area contributed by atoms with Crippen LogP contribution in [0.3, 0.4) is 0 Å². The molecule has 0 saturated heterocycles. The lowest BCUT2D eigenvalue weighted by Crippen LogP contribution is -2.19. The highest BCUT2D eigenvalue weighted by Crippen LogP contribution is 2.25. The fourth-order valence-electron chi connectivity index (χ4n) is 3.67. The summed E-state index contributed by atoms with van der Waals surface area (Å²) in [5.41, 5.74) is 7.95. The second-order valence-electron chi connectivity index (χ2n) is 9.35. The molecule has 0 fully saturated rings. The minimum Gasteiger partial charge on any atom is -0.507 e. The van der Waals surface area contributed by atoms with Crippen molar-refractivity contribution in [2.75, 3.05) is 0 Å². The number of nitrogens with one attached hydrogen (secondary N) is 2. The summed E-state index contributed by atoms with van der Waals surface area (Å²) in [6.07, 6.45) is 3.86. The Morgan fingerprint density at radius 3 is 1.34 bits per heavy atom. The average molecular weight is 591 g/mol. The Morgan fingerprint density at radius 1 is 0.545 bits per heavy atom. The molecule has 12 heteroatoms. The number of aromatic hydroxyl groups is 2. The third-order valence-corrected chi connectivity index (χ3v) is 5.94. The lowest BCUT2D eigenvalue weighted by molar-refractivity contribution is -0.123. The summed E-state index contributed by atoms with van der Waals surface area (Å²) in [6, 6.07) is 27.8. The Bertz CT molecular complexity index is 1550. The maximum Gasteiger partial charge on any atom is 0.240 e. The van der Waals surface area contributed by atoms with E-state index in [4.69, 9.17) is 0 Å². The molecule has 222 valence electrons. The van der Waals surface area contributed by atoms with Crippen LogP contribution in [0.25, 0.3) is 0 Å². The number of hydrogen-bond acceptors (Lipinski definition) is 10. The first kappa shape index (κ1) is 30.9. The number of phenols is 2. The van der Waals surface area contributed by atoms with Crippen molar-refractivity contribution in [1.82, 2.24) is 10.9 Å². The fraction of sp³-hybridized carbons (Fsp3) is 0.125. The molecule has 0 atom stereocenters. The molecule has 0 aliphatic heterocycles. The molecule has 4 aromatic carbocycles. The summed E-state index contributed by atoms with van der Waals surface area (Å²) < 4.78 is 0. The van der Waals surface area contributed by atoms with E-state index >= 15 is 0 Å². The molecule has 4 N–H and O–H groups in total. The molecule has 0 heterocycles. The Morgan fingerprint density at radius 2 is 0.932 bits per heavy atom. The molecule has 0 bridgehead atoms. The molecule has 0 aliphatic rings. The van der Waals surface area contributed by atoms with Gasteiger partial charge in [0.15, 0.2) is 0 Å². The number of carbonyl (C=O) groups excluding carboxylic acids is 2. The Labute approximate surface area is 253 Å². The van der Waals surface area contributed by atoms with E-state index in [2.05, 4.69) is 41.5 Å². The largest absolute Gasteiger partial charge is 0.507 e. The maximum atomic E-state index is 12.1. The lowest BCUT2D eigenvalue weighted by atomic mass is 10.2. The minimum absolute atomic E-state index is 0.0215. The molecule has 0 radical (unpaired) electrons. The second kappa shape index (κ2) is 16.4. The summed E-state index contributed by atoms with van der Waals surface area (Å²) in [7, 11) is 0. The first-order valence-electron chi connectivity index (χ1n) is 13.7. The lowest BCUT2D eigenvalue weighted by Gasteiger charge is -2.03. The smallest absolute Gasteiger partial charge is 0.240 e.